The van der Waals surface area contributed by atoms with Crippen LogP contribution in [0.3, 0.4) is 0 Å². The highest BCUT2D eigenvalue weighted by molar-refractivity contribution is 7.99. The van der Waals surface area contributed by atoms with Crippen molar-refractivity contribution in [3.8, 4) is 0 Å². The summed E-state index contributed by atoms with van der Waals surface area (Å²) in [6.07, 6.45) is 2.34. The Morgan fingerprint density at radius 1 is 1.07 bits per heavy atom. The van der Waals surface area contributed by atoms with E-state index in [0.717, 1.165) is 25.3 Å². The summed E-state index contributed by atoms with van der Waals surface area (Å²) in [5.74, 6) is 0.649. The van der Waals surface area contributed by atoms with Crippen molar-refractivity contribution in [2.75, 3.05) is 18.4 Å². The number of hydrogen-bond acceptors (Lipinski definition) is 3. The van der Waals surface area contributed by atoms with Crippen LogP contribution >= 0.6 is 11.8 Å². The number of aryl methyl sites for hydroxylation is 1. The molecule has 0 aromatic heterocycles. The Kier molecular flexibility index (Phi) is 8.01. The summed E-state index contributed by atoms with van der Waals surface area (Å²) in [5, 5.41) is 3.68. The number of likely N-dealkylation sites (tertiary alicyclic amines) is 1. The van der Waals surface area contributed by atoms with Crippen molar-refractivity contribution < 1.29 is 4.79 Å². The fraction of sp³-hybridized carbons (Fsp3) is 0.500. The number of nitrogens with zero attached hydrogens (tertiary/aromatic N) is 1. The van der Waals surface area contributed by atoms with E-state index in [-0.39, 0.29) is 11.8 Å². The summed E-state index contributed by atoms with van der Waals surface area (Å²) in [5.41, 5.74) is 5.05. The van der Waals surface area contributed by atoms with E-state index in [9.17, 15) is 4.79 Å². The van der Waals surface area contributed by atoms with Crippen LogP contribution in [-0.2, 0) is 11.3 Å². The Bertz CT molecular complexity index is 837. The highest BCUT2D eigenvalue weighted by Crippen LogP contribution is 2.33. The fourth-order valence-electron chi connectivity index (χ4n) is 4.05. The molecule has 0 unspecified atom stereocenters. The number of hydrogen-bond donors (Lipinski definition) is 1. The molecule has 1 fully saturated rings. The Morgan fingerprint density at radius 2 is 1.73 bits per heavy atom. The maximum Gasteiger partial charge on any atom is 0.226 e. The molecule has 2 aromatic rings. The maximum absolute atomic E-state index is 12.1. The number of nitrogens with one attached hydrogen (secondary N) is 1. The smallest absolute Gasteiger partial charge is 0.226 e. The van der Waals surface area contributed by atoms with Gasteiger partial charge in [0, 0.05) is 28.3 Å². The van der Waals surface area contributed by atoms with Gasteiger partial charge in [0.25, 0.3) is 0 Å². The van der Waals surface area contributed by atoms with Gasteiger partial charge < -0.3 is 5.32 Å². The zero-order valence-electron chi connectivity index (χ0n) is 19.1. The number of rotatable bonds is 7. The molecule has 1 saturated heterocycles. The Hall–Kier alpha value is -1.78. The number of benzene rings is 2. The van der Waals surface area contributed by atoms with E-state index in [2.05, 4.69) is 67.4 Å². The van der Waals surface area contributed by atoms with Crippen LogP contribution in [0.1, 0.15) is 63.1 Å². The number of carbonyl (C=O) groups is 1. The van der Waals surface area contributed by atoms with Gasteiger partial charge in [0.1, 0.15) is 0 Å². The molecule has 4 heteroatoms. The highest BCUT2D eigenvalue weighted by Gasteiger charge is 2.22. The molecule has 1 amide bonds. The summed E-state index contributed by atoms with van der Waals surface area (Å²) >= 11 is 1.92. The molecule has 0 aliphatic carbocycles. The lowest BCUT2D eigenvalue weighted by molar-refractivity contribution is -0.118. The van der Waals surface area contributed by atoms with Crippen LogP contribution in [0.25, 0.3) is 0 Å². The molecular formula is C26H36N2OS. The van der Waals surface area contributed by atoms with Gasteiger partial charge in [-0.25, -0.2) is 0 Å². The number of amides is 1. The fourth-order valence-corrected chi connectivity index (χ4v) is 4.89. The minimum absolute atomic E-state index is 0.00368. The second-order valence-electron chi connectivity index (χ2n) is 9.08. The van der Waals surface area contributed by atoms with Crippen LogP contribution in [0.4, 0.5) is 5.69 Å². The quantitative estimate of drug-likeness (QED) is 0.517. The molecule has 2 aromatic carbocycles. The SMILES string of the molecule is Cc1ccc(NC(=O)C(C)C)cc1C1CCN(Cc2ccc(SC(C)C)cc2)CC1. The van der Waals surface area contributed by atoms with Crippen LogP contribution in [0.2, 0.25) is 0 Å². The predicted molar refractivity (Wildman–Crippen MR) is 129 cm³/mol. The van der Waals surface area contributed by atoms with Crippen molar-refractivity contribution in [3.63, 3.8) is 0 Å². The van der Waals surface area contributed by atoms with E-state index in [4.69, 9.17) is 0 Å². The van der Waals surface area contributed by atoms with Gasteiger partial charge in [-0.05, 0) is 79.7 Å². The van der Waals surface area contributed by atoms with Crippen molar-refractivity contribution in [1.82, 2.24) is 4.90 Å². The third kappa shape index (κ3) is 6.36. The van der Waals surface area contributed by atoms with Crippen molar-refractivity contribution in [3.05, 3.63) is 59.2 Å². The maximum atomic E-state index is 12.1. The van der Waals surface area contributed by atoms with E-state index in [1.807, 2.05) is 31.7 Å². The summed E-state index contributed by atoms with van der Waals surface area (Å²) < 4.78 is 0. The second-order valence-corrected chi connectivity index (χ2v) is 10.7. The average molecular weight is 425 g/mol. The molecule has 1 aliphatic heterocycles. The van der Waals surface area contributed by atoms with E-state index < -0.39 is 0 Å². The van der Waals surface area contributed by atoms with Crippen LogP contribution in [0.15, 0.2) is 47.4 Å². The number of carbonyl (C=O) groups excluding carboxylic acids is 1. The Balaban J connectivity index is 1.57. The van der Waals surface area contributed by atoms with E-state index in [1.165, 1.54) is 34.4 Å². The molecule has 1 aliphatic rings. The molecule has 1 heterocycles. The Labute approximate surface area is 186 Å². The first-order chi connectivity index (χ1) is 14.3. The molecule has 0 bridgehead atoms. The number of thioether (sulfide) groups is 1. The van der Waals surface area contributed by atoms with Gasteiger partial charge in [-0.1, -0.05) is 45.9 Å². The zero-order valence-corrected chi connectivity index (χ0v) is 19.9. The van der Waals surface area contributed by atoms with Crippen molar-refractivity contribution in [1.29, 1.82) is 0 Å². The molecule has 3 rings (SSSR count). The van der Waals surface area contributed by atoms with Crippen LogP contribution < -0.4 is 5.32 Å². The minimum Gasteiger partial charge on any atom is -0.326 e. The molecule has 30 heavy (non-hydrogen) atoms. The molecule has 0 radical (unpaired) electrons. The highest BCUT2D eigenvalue weighted by atomic mass is 32.2. The third-order valence-corrected chi connectivity index (χ3v) is 6.82. The predicted octanol–water partition coefficient (Wildman–Crippen LogP) is 6.47. The first-order valence-electron chi connectivity index (χ1n) is 11.2. The van der Waals surface area contributed by atoms with Crippen LogP contribution in [0.5, 0.6) is 0 Å². The molecule has 0 saturated carbocycles. The third-order valence-electron chi connectivity index (χ3n) is 5.80. The summed E-state index contributed by atoms with van der Waals surface area (Å²) in [6, 6.07) is 15.4. The monoisotopic (exact) mass is 424 g/mol. The summed E-state index contributed by atoms with van der Waals surface area (Å²) in [4.78, 5) is 16.0. The first-order valence-corrected chi connectivity index (χ1v) is 12.1. The average Bonchev–Trinajstić information content (AvgIpc) is 2.71. The molecular weight excluding hydrogens is 388 g/mol. The first kappa shape index (κ1) is 22.9. The van der Waals surface area contributed by atoms with Gasteiger partial charge >= 0.3 is 0 Å². The lowest BCUT2D eigenvalue weighted by Crippen LogP contribution is -2.32. The molecule has 0 spiro atoms. The topological polar surface area (TPSA) is 32.3 Å². The molecule has 3 nitrogen and oxygen atoms in total. The van der Waals surface area contributed by atoms with E-state index in [0.29, 0.717) is 11.2 Å². The largest absolute Gasteiger partial charge is 0.326 e. The standard InChI is InChI=1S/C26H36N2OS/c1-18(2)26(29)27-23-9-6-20(5)25(16-23)22-12-14-28(15-13-22)17-21-7-10-24(11-8-21)30-19(3)4/h6-11,16,18-19,22H,12-15,17H2,1-5H3,(H,27,29). The normalized spacial score (nSPS) is 15.7. The molecule has 162 valence electrons. The minimum atomic E-state index is -0.00368. The van der Waals surface area contributed by atoms with Gasteiger partial charge in [0.2, 0.25) is 5.91 Å². The summed E-state index contributed by atoms with van der Waals surface area (Å²) in [6.45, 7) is 13.8. The second kappa shape index (κ2) is 10.5. The Morgan fingerprint density at radius 3 is 2.33 bits per heavy atom. The van der Waals surface area contributed by atoms with Gasteiger partial charge in [-0.3, -0.25) is 9.69 Å². The van der Waals surface area contributed by atoms with E-state index in [1.54, 1.807) is 0 Å². The van der Waals surface area contributed by atoms with Crippen molar-refractivity contribution in [2.45, 2.75) is 70.1 Å². The lowest BCUT2D eigenvalue weighted by Gasteiger charge is -2.33. The van der Waals surface area contributed by atoms with Gasteiger partial charge in [-0.2, -0.15) is 0 Å². The van der Waals surface area contributed by atoms with E-state index >= 15 is 0 Å². The number of piperidine rings is 1. The summed E-state index contributed by atoms with van der Waals surface area (Å²) in [7, 11) is 0. The molecule has 0 atom stereocenters. The van der Waals surface area contributed by atoms with Crippen LogP contribution in [-0.4, -0.2) is 29.1 Å². The van der Waals surface area contributed by atoms with Crippen molar-refractivity contribution >= 4 is 23.4 Å². The van der Waals surface area contributed by atoms with Gasteiger partial charge in [0.05, 0.1) is 0 Å². The van der Waals surface area contributed by atoms with Crippen molar-refractivity contribution in [2.24, 2.45) is 5.92 Å². The molecule has 1 N–H and O–H groups in total. The van der Waals surface area contributed by atoms with Crippen LogP contribution in [0, 0.1) is 12.8 Å². The van der Waals surface area contributed by atoms with Gasteiger partial charge in [0.15, 0.2) is 0 Å². The zero-order chi connectivity index (χ0) is 21.7. The number of anilines is 1. The van der Waals surface area contributed by atoms with Gasteiger partial charge in [-0.15, -0.1) is 11.8 Å². The lowest BCUT2D eigenvalue weighted by atomic mass is 9.86.